The molecule has 0 amide bonds. The number of rotatable bonds is 6. The Morgan fingerprint density at radius 3 is 2.55 bits per heavy atom. The molecular formula is C15H22ClNO2S. The van der Waals surface area contributed by atoms with E-state index in [0.717, 1.165) is 24.0 Å². The van der Waals surface area contributed by atoms with Gasteiger partial charge in [-0.2, -0.15) is 4.31 Å². The van der Waals surface area contributed by atoms with Crippen molar-refractivity contribution in [2.45, 2.75) is 43.9 Å². The van der Waals surface area contributed by atoms with Crippen LogP contribution in [0.15, 0.2) is 23.1 Å². The summed E-state index contributed by atoms with van der Waals surface area (Å²) in [6, 6.07) is 5.34. The average Bonchev–Trinajstić information content (AvgIpc) is 2.37. The molecule has 3 nitrogen and oxygen atoms in total. The normalized spacial score (nSPS) is 16.4. The molecule has 1 saturated carbocycles. The highest BCUT2D eigenvalue weighted by Crippen LogP contribution is 2.30. The van der Waals surface area contributed by atoms with Crippen molar-refractivity contribution in [2.75, 3.05) is 13.1 Å². The Morgan fingerprint density at radius 2 is 2.05 bits per heavy atom. The molecule has 1 fully saturated rings. The number of nitrogens with zero attached hydrogens (tertiary/aromatic N) is 1. The summed E-state index contributed by atoms with van der Waals surface area (Å²) in [7, 11) is -3.41. The van der Waals surface area contributed by atoms with E-state index in [1.54, 1.807) is 16.4 Å². The predicted octanol–water partition coefficient (Wildman–Crippen LogP) is 3.54. The Hall–Kier alpha value is -0.580. The standard InChI is InChI=1S/C15H22ClNO2S/c1-3-17(11-13-6-4-7-13)20(18,19)15-9-5-8-14(10-16)12(15)2/h5,8-9,13H,3-4,6-7,10-11H2,1-2H3. The van der Waals surface area contributed by atoms with Crippen LogP contribution in [0.1, 0.15) is 37.3 Å². The molecule has 0 spiro atoms. The van der Waals surface area contributed by atoms with Crippen molar-refractivity contribution in [1.29, 1.82) is 0 Å². The summed E-state index contributed by atoms with van der Waals surface area (Å²) < 4.78 is 27.2. The summed E-state index contributed by atoms with van der Waals surface area (Å²) in [5, 5.41) is 0. The van der Waals surface area contributed by atoms with Crippen molar-refractivity contribution in [3.63, 3.8) is 0 Å². The van der Waals surface area contributed by atoms with Gasteiger partial charge in [0.1, 0.15) is 0 Å². The third-order valence-corrected chi connectivity index (χ3v) is 6.57. The number of sulfonamides is 1. The fourth-order valence-electron chi connectivity index (χ4n) is 2.58. The first-order valence-electron chi connectivity index (χ1n) is 7.15. The SMILES string of the molecule is CCN(CC1CCC1)S(=O)(=O)c1cccc(CCl)c1C. The maximum atomic E-state index is 12.8. The molecule has 0 bridgehead atoms. The van der Waals surface area contributed by atoms with Crippen LogP contribution in [0, 0.1) is 12.8 Å². The molecule has 0 saturated heterocycles. The molecule has 1 aromatic carbocycles. The smallest absolute Gasteiger partial charge is 0.207 e. The van der Waals surface area contributed by atoms with E-state index in [1.807, 2.05) is 19.9 Å². The van der Waals surface area contributed by atoms with Gasteiger partial charge in [-0.25, -0.2) is 8.42 Å². The molecule has 20 heavy (non-hydrogen) atoms. The van der Waals surface area contributed by atoms with Crippen LogP contribution < -0.4 is 0 Å². The van der Waals surface area contributed by atoms with Crippen LogP contribution in [0.2, 0.25) is 0 Å². The van der Waals surface area contributed by atoms with E-state index in [1.165, 1.54) is 6.42 Å². The largest absolute Gasteiger partial charge is 0.243 e. The van der Waals surface area contributed by atoms with E-state index in [9.17, 15) is 8.42 Å². The number of halogens is 1. The Bertz CT molecular complexity index is 567. The molecule has 0 radical (unpaired) electrons. The Balaban J connectivity index is 2.32. The zero-order valence-corrected chi connectivity index (χ0v) is 13.7. The van der Waals surface area contributed by atoms with E-state index in [-0.39, 0.29) is 0 Å². The summed E-state index contributed by atoms with van der Waals surface area (Å²) in [6.07, 6.45) is 3.52. The van der Waals surface area contributed by atoms with Gasteiger partial charge in [-0.3, -0.25) is 0 Å². The lowest BCUT2D eigenvalue weighted by molar-refractivity contribution is 0.250. The average molecular weight is 316 g/mol. The Labute approximate surface area is 127 Å². The van der Waals surface area contributed by atoms with E-state index in [4.69, 9.17) is 11.6 Å². The summed E-state index contributed by atoms with van der Waals surface area (Å²) in [5.74, 6) is 0.866. The molecule has 1 aromatic rings. The molecule has 112 valence electrons. The first-order chi connectivity index (χ1) is 9.50. The molecule has 1 aliphatic carbocycles. The van der Waals surface area contributed by atoms with E-state index >= 15 is 0 Å². The second-order valence-electron chi connectivity index (χ2n) is 5.43. The highest BCUT2D eigenvalue weighted by Gasteiger charge is 2.29. The predicted molar refractivity (Wildman–Crippen MR) is 82.5 cm³/mol. The Morgan fingerprint density at radius 1 is 1.35 bits per heavy atom. The maximum absolute atomic E-state index is 12.8. The van der Waals surface area contributed by atoms with E-state index < -0.39 is 10.0 Å². The van der Waals surface area contributed by atoms with Gasteiger partial charge < -0.3 is 0 Å². The van der Waals surface area contributed by atoms with Gasteiger partial charge in [0, 0.05) is 19.0 Å². The summed E-state index contributed by atoms with van der Waals surface area (Å²) in [6.45, 7) is 4.89. The fraction of sp³-hybridized carbons (Fsp3) is 0.600. The summed E-state index contributed by atoms with van der Waals surface area (Å²) in [5.41, 5.74) is 1.65. The van der Waals surface area contributed by atoms with Crippen LogP contribution >= 0.6 is 11.6 Å². The second kappa shape index (κ2) is 6.46. The van der Waals surface area contributed by atoms with Crippen molar-refractivity contribution < 1.29 is 8.42 Å². The second-order valence-corrected chi connectivity index (χ2v) is 7.60. The van der Waals surface area contributed by atoms with Crippen molar-refractivity contribution in [3.8, 4) is 0 Å². The molecule has 0 heterocycles. The lowest BCUT2D eigenvalue weighted by Crippen LogP contribution is -2.37. The lowest BCUT2D eigenvalue weighted by Gasteiger charge is -2.31. The minimum atomic E-state index is -3.41. The highest BCUT2D eigenvalue weighted by atomic mass is 35.5. The topological polar surface area (TPSA) is 37.4 Å². The van der Waals surface area contributed by atoms with Crippen molar-refractivity contribution in [2.24, 2.45) is 5.92 Å². The monoisotopic (exact) mass is 315 g/mol. The van der Waals surface area contributed by atoms with Crippen LogP contribution in [0.4, 0.5) is 0 Å². The van der Waals surface area contributed by atoms with Crippen LogP contribution in [-0.4, -0.2) is 25.8 Å². The van der Waals surface area contributed by atoms with E-state index in [0.29, 0.717) is 29.8 Å². The van der Waals surface area contributed by atoms with Gasteiger partial charge in [-0.15, -0.1) is 11.6 Å². The Kier molecular flexibility index (Phi) is 5.10. The highest BCUT2D eigenvalue weighted by molar-refractivity contribution is 7.89. The molecule has 2 rings (SSSR count). The zero-order valence-electron chi connectivity index (χ0n) is 12.1. The quantitative estimate of drug-likeness (QED) is 0.753. The number of hydrogen-bond acceptors (Lipinski definition) is 2. The van der Waals surface area contributed by atoms with Gasteiger partial charge in [0.15, 0.2) is 0 Å². The molecular weight excluding hydrogens is 294 g/mol. The lowest BCUT2D eigenvalue weighted by atomic mass is 9.85. The minimum Gasteiger partial charge on any atom is -0.207 e. The number of hydrogen-bond donors (Lipinski definition) is 0. The molecule has 0 unspecified atom stereocenters. The van der Waals surface area contributed by atoms with Crippen LogP contribution in [0.3, 0.4) is 0 Å². The van der Waals surface area contributed by atoms with Crippen LogP contribution in [-0.2, 0) is 15.9 Å². The van der Waals surface area contributed by atoms with Crippen molar-refractivity contribution in [3.05, 3.63) is 29.3 Å². The first kappa shape index (κ1) is 15.8. The van der Waals surface area contributed by atoms with Gasteiger partial charge in [0.2, 0.25) is 10.0 Å². The van der Waals surface area contributed by atoms with Gasteiger partial charge in [0.05, 0.1) is 4.90 Å². The molecule has 0 atom stereocenters. The third kappa shape index (κ3) is 3.02. The fourth-order valence-corrected chi connectivity index (χ4v) is 4.67. The molecule has 0 aromatic heterocycles. The van der Waals surface area contributed by atoms with Crippen molar-refractivity contribution in [1.82, 2.24) is 4.31 Å². The van der Waals surface area contributed by atoms with Gasteiger partial charge in [-0.1, -0.05) is 25.5 Å². The minimum absolute atomic E-state index is 0.337. The van der Waals surface area contributed by atoms with Gasteiger partial charge in [0.25, 0.3) is 0 Å². The van der Waals surface area contributed by atoms with Gasteiger partial charge >= 0.3 is 0 Å². The van der Waals surface area contributed by atoms with E-state index in [2.05, 4.69) is 0 Å². The maximum Gasteiger partial charge on any atom is 0.243 e. The summed E-state index contributed by atoms with van der Waals surface area (Å²) >= 11 is 5.88. The number of alkyl halides is 1. The first-order valence-corrected chi connectivity index (χ1v) is 9.12. The van der Waals surface area contributed by atoms with Crippen LogP contribution in [0.5, 0.6) is 0 Å². The zero-order chi connectivity index (χ0) is 14.8. The third-order valence-electron chi connectivity index (χ3n) is 4.20. The molecule has 1 aliphatic rings. The van der Waals surface area contributed by atoms with Crippen molar-refractivity contribution >= 4 is 21.6 Å². The number of benzene rings is 1. The van der Waals surface area contributed by atoms with Crippen LogP contribution in [0.25, 0.3) is 0 Å². The molecule has 5 heteroatoms. The molecule has 0 N–H and O–H groups in total. The molecule has 0 aliphatic heterocycles. The summed E-state index contributed by atoms with van der Waals surface area (Å²) in [4.78, 5) is 0.400. The van der Waals surface area contributed by atoms with Gasteiger partial charge in [-0.05, 0) is 42.9 Å².